The van der Waals surface area contributed by atoms with Crippen LogP contribution in [0.5, 0.6) is 11.5 Å². The number of carbonyl (C=O) groups is 1. The van der Waals surface area contributed by atoms with Gasteiger partial charge in [-0.1, -0.05) is 6.07 Å². The van der Waals surface area contributed by atoms with Crippen molar-refractivity contribution in [1.29, 1.82) is 0 Å². The summed E-state index contributed by atoms with van der Waals surface area (Å²) >= 11 is 1.65. The van der Waals surface area contributed by atoms with Gasteiger partial charge in [0.2, 0.25) is 5.91 Å². The van der Waals surface area contributed by atoms with Crippen LogP contribution in [-0.4, -0.2) is 62.9 Å². The standard InChI is InChI=1S/C26H29FN6O2S/c1-16-13-30-25-24(16)23(5-6-29-25)35-22-4-3-18(11-20(22)27)12-21(28)26(34)33-9-7-32(8-10-33)14-19-15-36-17(2)31-19/h3-6,11,13,15,21H,7-10,12,14,28H2,1-2H3,(H,29,30). The monoisotopic (exact) mass is 508 g/mol. The summed E-state index contributed by atoms with van der Waals surface area (Å²) in [5, 5.41) is 3.96. The number of ether oxygens (including phenoxy) is 1. The van der Waals surface area contributed by atoms with Crippen molar-refractivity contribution in [2.24, 2.45) is 5.73 Å². The minimum atomic E-state index is -0.730. The lowest BCUT2D eigenvalue weighted by Crippen LogP contribution is -2.53. The zero-order valence-corrected chi connectivity index (χ0v) is 21.1. The zero-order valence-electron chi connectivity index (χ0n) is 20.3. The molecule has 0 radical (unpaired) electrons. The minimum Gasteiger partial charge on any atom is -0.453 e. The van der Waals surface area contributed by atoms with Gasteiger partial charge in [0.05, 0.1) is 22.1 Å². The summed E-state index contributed by atoms with van der Waals surface area (Å²) in [7, 11) is 0. The first-order chi connectivity index (χ1) is 17.4. The van der Waals surface area contributed by atoms with E-state index in [4.69, 9.17) is 10.5 Å². The van der Waals surface area contributed by atoms with Gasteiger partial charge in [0.15, 0.2) is 11.6 Å². The Kier molecular flexibility index (Phi) is 6.99. The Labute approximate surface area is 212 Å². The Bertz CT molecular complexity index is 1380. The zero-order chi connectivity index (χ0) is 25.2. The molecular formula is C26H29FN6O2S. The van der Waals surface area contributed by atoms with Crippen molar-refractivity contribution in [2.45, 2.75) is 32.9 Å². The van der Waals surface area contributed by atoms with Crippen LogP contribution in [0.15, 0.2) is 42.0 Å². The van der Waals surface area contributed by atoms with Crippen LogP contribution in [0.3, 0.4) is 0 Å². The van der Waals surface area contributed by atoms with Gasteiger partial charge >= 0.3 is 0 Å². The molecule has 4 aromatic rings. The number of benzene rings is 1. The second-order valence-corrected chi connectivity index (χ2v) is 10.2. The lowest BCUT2D eigenvalue weighted by molar-refractivity contribution is -0.134. The molecule has 188 valence electrons. The van der Waals surface area contributed by atoms with E-state index in [1.54, 1.807) is 40.6 Å². The Morgan fingerprint density at radius 2 is 2.03 bits per heavy atom. The molecule has 0 saturated carbocycles. The van der Waals surface area contributed by atoms with E-state index < -0.39 is 11.9 Å². The molecule has 0 spiro atoms. The predicted molar refractivity (Wildman–Crippen MR) is 138 cm³/mol. The second kappa shape index (κ2) is 10.3. The minimum absolute atomic E-state index is 0.109. The van der Waals surface area contributed by atoms with Crippen LogP contribution in [-0.2, 0) is 17.8 Å². The number of fused-ring (bicyclic) bond motifs is 1. The normalized spacial score (nSPS) is 15.4. The maximum Gasteiger partial charge on any atom is 0.239 e. The van der Waals surface area contributed by atoms with Gasteiger partial charge in [-0.2, -0.15) is 0 Å². The van der Waals surface area contributed by atoms with Crippen molar-refractivity contribution in [3.63, 3.8) is 0 Å². The average molecular weight is 509 g/mol. The van der Waals surface area contributed by atoms with Gasteiger partial charge in [-0.15, -0.1) is 11.3 Å². The summed E-state index contributed by atoms with van der Waals surface area (Å²) in [6.07, 6.45) is 3.71. The molecule has 1 aromatic carbocycles. The molecule has 4 heterocycles. The molecule has 1 atom stereocenters. The summed E-state index contributed by atoms with van der Waals surface area (Å²) in [6.45, 7) is 7.53. The van der Waals surface area contributed by atoms with E-state index in [2.05, 4.69) is 25.2 Å². The molecule has 36 heavy (non-hydrogen) atoms. The number of hydrogen-bond acceptors (Lipinski definition) is 7. The fourth-order valence-electron chi connectivity index (χ4n) is 4.55. The van der Waals surface area contributed by atoms with Gasteiger partial charge in [0, 0.05) is 50.5 Å². The second-order valence-electron chi connectivity index (χ2n) is 9.14. The van der Waals surface area contributed by atoms with Gasteiger partial charge in [-0.05, 0) is 49.6 Å². The summed E-state index contributed by atoms with van der Waals surface area (Å²) in [4.78, 5) is 28.9. The molecule has 10 heteroatoms. The van der Waals surface area contributed by atoms with Crippen molar-refractivity contribution < 1.29 is 13.9 Å². The molecule has 0 aliphatic carbocycles. The number of pyridine rings is 1. The summed E-state index contributed by atoms with van der Waals surface area (Å²) in [5.74, 6) is 0.0256. The number of rotatable bonds is 7. The van der Waals surface area contributed by atoms with Crippen LogP contribution in [0, 0.1) is 19.7 Å². The molecule has 8 nitrogen and oxygen atoms in total. The van der Waals surface area contributed by atoms with Crippen molar-refractivity contribution >= 4 is 28.3 Å². The van der Waals surface area contributed by atoms with Crippen LogP contribution < -0.4 is 10.5 Å². The molecule has 0 bridgehead atoms. The number of aromatic amines is 1. The average Bonchev–Trinajstić information content (AvgIpc) is 3.46. The van der Waals surface area contributed by atoms with Crippen LogP contribution >= 0.6 is 11.3 Å². The molecule has 3 N–H and O–H groups in total. The van der Waals surface area contributed by atoms with Crippen LogP contribution in [0.4, 0.5) is 4.39 Å². The Morgan fingerprint density at radius 3 is 2.75 bits per heavy atom. The Balaban J connectivity index is 1.17. The quantitative estimate of drug-likeness (QED) is 0.394. The van der Waals surface area contributed by atoms with Gasteiger partial charge in [-0.3, -0.25) is 9.69 Å². The summed E-state index contributed by atoms with van der Waals surface area (Å²) in [6, 6.07) is 5.70. The van der Waals surface area contributed by atoms with E-state index in [-0.39, 0.29) is 18.1 Å². The number of aromatic nitrogens is 3. The van der Waals surface area contributed by atoms with E-state index in [1.807, 2.05) is 20.0 Å². The fourth-order valence-corrected chi connectivity index (χ4v) is 5.16. The van der Waals surface area contributed by atoms with Gasteiger partial charge < -0.3 is 20.4 Å². The number of piperazine rings is 1. The van der Waals surface area contributed by atoms with Crippen LogP contribution in [0.25, 0.3) is 11.0 Å². The molecule has 1 aliphatic heterocycles. The number of nitrogens with two attached hydrogens (primary N) is 1. The van der Waals surface area contributed by atoms with E-state index in [9.17, 15) is 9.18 Å². The number of amides is 1. The van der Waals surface area contributed by atoms with Crippen molar-refractivity contribution in [3.05, 3.63) is 69.7 Å². The highest BCUT2D eigenvalue weighted by Gasteiger charge is 2.26. The largest absolute Gasteiger partial charge is 0.453 e. The number of hydrogen-bond donors (Lipinski definition) is 2. The first kappa shape index (κ1) is 24.4. The van der Waals surface area contributed by atoms with E-state index in [0.717, 1.165) is 41.3 Å². The number of carbonyl (C=O) groups excluding carboxylic acids is 1. The highest BCUT2D eigenvalue weighted by atomic mass is 32.1. The lowest BCUT2D eigenvalue weighted by atomic mass is 10.0. The van der Waals surface area contributed by atoms with Crippen molar-refractivity contribution in [1.82, 2.24) is 24.8 Å². The number of halogens is 1. The first-order valence-corrected chi connectivity index (χ1v) is 12.8. The number of nitrogens with zero attached hydrogens (tertiary/aromatic N) is 4. The molecule has 1 fully saturated rings. The van der Waals surface area contributed by atoms with Gasteiger partial charge in [0.25, 0.3) is 0 Å². The van der Waals surface area contributed by atoms with Gasteiger partial charge in [0.1, 0.15) is 11.4 Å². The number of thiazole rings is 1. The maximum absolute atomic E-state index is 14.9. The van der Waals surface area contributed by atoms with E-state index >= 15 is 0 Å². The summed E-state index contributed by atoms with van der Waals surface area (Å²) in [5.41, 5.74) is 9.61. The van der Waals surface area contributed by atoms with Crippen LogP contribution in [0.1, 0.15) is 21.8 Å². The fraction of sp³-hybridized carbons (Fsp3) is 0.346. The highest BCUT2D eigenvalue weighted by Crippen LogP contribution is 2.32. The molecule has 3 aromatic heterocycles. The maximum atomic E-state index is 14.9. The third-order valence-corrected chi connectivity index (χ3v) is 7.28. The van der Waals surface area contributed by atoms with Gasteiger partial charge in [-0.25, -0.2) is 14.4 Å². The molecule has 5 rings (SSSR count). The van der Waals surface area contributed by atoms with Crippen molar-refractivity contribution in [3.8, 4) is 11.5 Å². The molecule has 1 amide bonds. The molecule has 1 unspecified atom stereocenters. The number of H-pyrrole nitrogens is 1. The van der Waals surface area contributed by atoms with E-state index in [0.29, 0.717) is 30.0 Å². The third kappa shape index (κ3) is 5.25. The van der Waals surface area contributed by atoms with Crippen molar-refractivity contribution in [2.75, 3.05) is 26.2 Å². The number of nitrogens with one attached hydrogen (secondary N) is 1. The number of aryl methyl sites for hydroxylation is 2. The first-order valence-electron chi connectivity index (χ1n) is 11.9. The van der Waals surface area contributed by atoms with Crippen LogP contribution in [0.2, 0.25) is 0 Å². The van der Waals surface area contributed by atoms with E-state index in [1.165, 1.54) is 6.07 Å². The Hall–Kier alpha value is -3.34. The predicted octanol–water partition coefficient (Wildman–Crippen LogP) is 3.78. The molecule has 1 saturated heterocycles. The smallest absolute Gasteiger partial charge is 0.239 e. The molecular weight excluding hydrogens is 479 g/mol. The lowest BCUT2D eigenvalue weighted by Gasteiger charge is -2.35. The Morgan fingerprint density at radius 1 is 1.22 bits per heavy atom. The highest BCUT2D eigenvalue weighted by molar-refractivity contribution is 7.09. The molecule has 1 aliphatic rings. The topological polar surface area (TPSA) is 100 Å². The summed E-state index contributed by atoms with van der Waals surface area (Å²) < 4.78 is 20.8. The SMILES string of the molecule is Cc1nc(CN2CCN(C(=O)C(N)Cc3ccc(Oc4ccnc5[nH]cc(C)c45)c(F)c3)CC2)cs1. The third-order valence-electron chi connectivity index (χ3n) is 6.46.